The number of nitrogens with zero attached hydrogens (tertiary/aromatic N) is 1. The van der Waals surface area contributed by atoms with Crippen LogP contribution in [0.2, 0.25) is 0 Å². The topological polar surface area (TPSA) is 23.5 Å². The molecule has 2 rings (SSSR count). The minimum absolute atomic E-state index is 0.334. The van der Waals surface area contributed by atoms with Crippen molar-refractivity contribution in [1.29, 1.82) is 0 Å². The summed E-state index contributed by atoms with van der Waals surface area (Å²) in [6.07, 6.45) is 5.59. The van der Waals surface area contributed by atoms with Crippen molar-refractivity contribution in [3.05, 3.63) is 0 Å². The van der Waals surface area contributed by atoms with Crippen molar-refractivity contribution in [3.8, 4) is 0 Å². The van der Waals surface area contributed by atoms with Gasteiger partial charge in [0.25, 0.3) is 0 Å². The molecule has 0 spiro atoms. The van der Waals surface area contributed by atoms with Crippen molar-refractivity contribution in [2.45, 2.75) is 31.7 Å². The Morgan fingerprint density at radius 2 is 2.18 bits per heavy atom. The summed E-state index contributed by atoms with van der Waals surface area (Å²) in [5.41, 5.74) is 0. The first-order valence-electron chi connectivity index (χ1n) is 4.75. The molecule has 2 atom stereocenters. The van der Waals surface area contributed by atoms with E-state index in [9.17, 15) is 0 Å². The number of aliphatic hydroxyl groups is 1. The number of hydrogen-bond donors (Lipinski definition) is 1. The highest BCUT2D eigenvalue weighted by Gasteiger charge is 2.33. The second-order valence-corrected chi connectivity index (χ2v) is 3.88. The summed E-state index contributed by atoms with van der Waals surface area (Å²) in [5, 5.41) is 8.80. The molecule has 64 valence electrons. The van der Waals surface area contributed by atoms with Gasteiger partial charge in [0.1, 0.15) is 0 Å². The van der Waals surface area contributed by atoms with Gasteiger partial charge < -0.3 is 5.11 Å². The van der Waals surface area contributed by atoms with Gasteiger partial charge in [-0.05, 0) is 38.1 Å². The third kappa shape index (κ3) is 1.42. The summed E-state index contributed by atoms with van der Waals surface area (Å²) in [6.45, 7) is 2.47. The van der Waals surface area contributed by atoms with E-state index in [2.05, 4.69) is 4.90 Å². The number of fused-ring (bicyclic) bond motifs is 2. The van der Waals surface area contributed by atoms with Crippen molar-refractivity contribution >= 4 is 0 Å². The Balaban J connectivity index is 1.91. The van der Waals surface area contributed by atoms with Crippen LogP contribution in [-0.4, -0.2) is 35.7 Å². The van der Waals surface area contributed by atoms with Crippen molar-refractivity contribution < 1.29 is 5.11 Å². The van der Waals surface area contributed by atoms with Gasteiger partial charge in [-0.15, -0.1) is 0 Å². The Morgan fingerprint density at radius 1 is 1.27 bits per heavy atom. The lowest BCUT2D eigenvalue weighted by Crippen LogP contribution is -2.39. The van der Waals surface area contributed by atoms with Gasteiger partial charge in [-0.2, -0.15) is 0 Å². The second-order valence-electron chi connectivity index (χ2n) is 3.88. The van der Waals surface area contributed by atoms with Gasteiger partial charge in [-0.25, -0.2) is 0 Å². The molecular formula is C9H17NO. The van der Waals surface area contributed by atoms with Crippen LogP contribution in [0.1, 0.15) is 25.7 Å². The molecule has 0 aromatic heterocycles. The summed E-state index contributed by atoms with van der Waals surface area (Å²) in [5.74, 6) is 1.02. The maximum atomic E-state index is 8.80. The zero-order valence-electron chi connectivity index (χ0n) is 7.00. The summed E-state index contributed by atoms with van der Waals surface area (Å²) in [4.78, 5) is 2.46. The molecule has 11 heavy (non-hydrogen) atoms. The standard InChI is InChI=1S/C9H17NO/c11-6-5-10-4-3-8-1-2-9(10)7-8/h8-9,11H,1-7H2. The van der Waals surface area contributed by atoms with Crippen LogP contribution >= 0.6 is 0 Å². The molecule has 2 bridgehead atoms. The Labute approximate surface area is 68.2 Å². The molecule has 1 aliphatic carbocycles. The van der Waals surface area contributed by atoms with Gasteiger partial charge in [0.15, 0.2) is 0 Å². The molecule has 1 heterocycles. The van der Waals surface area contributed by atoms with E-state index in [0.29, 0.717) is 6.61 Å². The first-order valence-corrected chi connectivity index (χ1v) is 4.75. The summed E-state index contributed by atoms with van der Waals surface area (Å²) in [7, 11) is 0. The molecule has 1 N–H and O–H groups in total. The van der Waals surface area contributed by atoms with E-state index in [0.717, 1.165) is 18.5 Å². The Morgan fingerprint density at radius 3 is 3.00 bits per heavy atom. The van der Waals surface area contributed by atoms with Crippen LogP contribution in [0.15, 0.2) is 0 Å². The zero-order valence-corrected chi connectivity index (χ0v) is 7.00. The van der Waals surface area contributed by atoms with Crippen LogP contribution in [0.5, 0.6) is 0 Å². The number of aliphatic hydroxyl groups excluding tert-OH is 1. The van der Waals surface area contributed by atoms with E-state index in [1.165, 1.54) is 32.2 Å². The highest BCUT2D eigenvalue weighted by atomic mass is 16.3. The fraction of sp³-hybridized carbons (Fsp3) is 1.00. The second kappa shape index (κ2) is 3.11. The van der Waals surface area contributed by atoms with Crippen LogP contribution in [0, 0.1) is 5.92 Å². The minimum atomic E-state index is 0.334. The molecule has 0 aromatic carbocycles. The maximum absolute atomic E-state index is 8.80. The van der Waals surface area contributed by atoms with E-state index in [-0.39, 0.29) is 0 Å². The lowest BCUT2D eigenvalue weighted by molar-refractivity contribution is 0.123. The molecule has 0 aromatic rings. The molecule has 2 heteroatoms. The SMILES string of the molecule is OCCN1CCC2CCC1C2. The van der Waals surface area contributed by atoms with Crippen molar-refractivity contribution in [2.24, 2.45) is 5.92 Å². The van der Waals surface area contributed by atoms with Gasteiger partial charge in [0.05, 0.1) is 6.61 Å². The van der Waals surface area contributed by atoms with Crippen LogP contribution < -0.4 is 0 Å². The Bertz CT molecular complexity index is 138. The van der Waals surface area contributed by atoms with E-state index < -0.39 is 0 Å². The third-order valence-corrected chi connectivity index (χ3v) is 3.24. The summed E-state index contributed by atoms with van der Waals surface area (Å²) < 4.78 is 0. The molecule has 2 aliphatic rings. The molecule has 2 fully saturated rings. The van der Waals surface area contributed by atoms with Gasteiger partial charge in [-0.3, -0.25) is 4.90 Å². The molecule has 1 saturated carbocycles. The Kier molecular flexibility index (Phi) is 2.14. The molecule has 1 aliphatic heterocycles. The molecule has 1 saturated heterocycles. The molecule has 0 amide bonds. The number of hydrogen-bond acceptors (Lipinski definition) is 2. The summed E-state index contributed by atoms with van der Waals surface area (Å²) >= 11 is 0. The lowest BCUT2D eigenvalue weighted by Gasteiger charge is -2.32. The predicted octanol–water partition coefficient (Wildman–Crippen LogP) is 0.853. The van der Waals surface area contributed by atoms with Gasteiger partial charge >= 0.3 is 0 Å². The largest absolute Gasteiger partial charge is 0.395 e. The fourth-order valence-corrected chi connectivity index (χ4v) is 2.60. The van der Waals surface area contributed by atoms with Crippen LogP contribution in [-0.2, 0) is 0 Å². The van der Waals surface area contributed by atoms with E-state index in [4.69, 9.17) is 5.11 Å². The first-order chi connectivity index (χ1) is 5.40. The molecule has 0 radical (unpaired) electrons. The van der Waals surface area contributed by atoms with E-state index in [1.807, 2.05) is 0 Å². The summed E-state index contributed by atoms with van der Waals surface area (Å²) in [6, 6.07) is 0.820. The van der Waals surface area contributed by atoms with Gasteiger partial charge in [-0.1, -0.05) is 0 Å². The van der Waals surface area contributed by atoms with Crippen molar-refractivity contribution in [1.82, 2.24) is 4.90 Å². The quantitative estimate of drug-likeness (QED) is 0.639. The predicted molar refractivity (Wildman–Crippen MR) is 44.4 cm³/mol. The molecule has 2 nitrogen and oxygen atoms in total. The third-order valence-electron chi connectivity index (χ3n) is 3.24. The molecular weight excluding hydrogens is 138 g/mol. The zero-order chi connectivity index (χ0) is 7.68. The highest BCUT2D eigenvalue weighted by Crippen LogP contribution is 2.35. The van der Waals surface area contributed by atoms with Crippen LogP contribution in [0.4, 0.5) is 0 Å². The average Bonchev–Trinajstić information content (AvgIpc) is 2.40. The van der Waals surface area contributed by atoms with Crippen molar-refractivity contribution in [2.75, 3.05) is 19.7 Å². The Hall–Kier alpha value is -0.0800. The minimum Gasteiger partial charge on any atom is -0.395 e. The monoisotopic (exact) mass is 155 g/mol. The smallest absolute Gasteiger partial charge is 0.0558 e. The fourth-order valence-electron chi connectivity index (χ4n) is 2.60. The van der Waals surface area contributed by atoms with Crippen LogP contribution in [0.25, 0.3) is 0 Å². The number of likely N-dealkylation sites (tertiary alicyclic amines) is 1. The van der Waals surface area contributed by atoms with E-state index in [1.54, 1.807) is 0 Å². The number of rotatable bonds is 2. The molecule has 2 unspecified atom stereocenters. The van der Waals surface area contributed by atoms with E-state index >= 15 is 0 Å². The van der Waals surface area contributed by atoms with Gasteiger partial charge in [0.2, 0.25) is 0 Å². The normalized spacial score (nSPS) is 37.9. The highest BCUT2D eigenvalue weighted by molar-refractivity contribution is 4.87. The lowest BCUT2D eigenvalue weighted by atomic mass is 9.99. The number of piperidine rings is 1. The number of β-amino-alcohol motifs (C(OH)–C–C–N with tert-alkyl or cyclic N) is 1. The van der Waals surface area contributed by atoms with Gasteiger partial charge in [0, 0.05) is 12.6 Å². The van der Waals surface area contributed by atoms with Crippen molar-refractivity contribution in [3.63, 3.8) is 0 Å². The maximum Gasteiger partial charge on any atom is 0.0558 e. The first kappa shape index (κ1) is 7.56. The average molecular weight is 155 g/mol. The van der Waals surface area contributed by atoms with Crippen LogP contribution in [0.3, 0.4) is 0 Å².